The first-order valence-electron chi connectivity index (χ1n) is 8.31. The second-order valence-electron chi connectivity index (χ2n) is 6.22. The number of sulfone groups is 1. The summed E-state index contributed by atoms with van der Waals surface area (Å²) in [6, 6.07) is 2.66. The molecule has 1 aromatic rings. The van der Waals surface area contributed by atoms with Crippen molar-refractivity contribution in [2.24, 2.45) is 0 Å². The van der Waals surface area contributed by atoms with Gasteiger partial charge in [0.25, 0.3) is 0 Å². The molecule has 1 amide bonds. The van der Waals surface area contributed by atoms with Gasteiger partial charge in [-0.25, -0.2) is 8.42 Å². The van der Waals surface area contributed by atoms with E-state index >= 15 is 0 Å². The Balaban J connectivity index is 0.00000338. The fourth-order valence-electron chi connectivity index (χ4n) is 2.93. The molecule has 0 spiro atoms. The summed E-state index contributed by atoms with van der Waals surface area (Å²) in [4.78, 5) is 26.4. The molecule has 1 aliphatic heterocycles. The number of hydrogen-bond acceptors (Lipinski definition) is 6. The summed E-state index contributed by atoms with van der Waals surface area (Å²) < 4.78 is 23.6. The van der Waals surface area contributed by atoms with Crippen molar-refractivity contribution in [3.05, 3.63) is 22.4 Å². The highest BCUT2D eigenvalue weighted by molar-refractivity contribution is 7.91. The van der Waals surface area contributed by atoms with E-state index in [0.717, 1.165) is 4.88 Å². The number of halogens is 1. The number of rotatable bonds is 9. The molecule has 0 aliphatic carbocycles. The number of carbonyl (C=O) groups excluding carboxylic acids is 1. The Morgan fingerprint density at radius 2 is 2.19 bits per heavy atom. The minimum atomic E-state index is -3.11. The van der Waals surface area contributed by atoms with Gasteiger partial charge in [-0.1, -0.05) is 19.4 Å². The third-order valence-corrected chi connectivity index (χ3v) is 6.86. The SMILES string of the molecule is CCCC(NCC(=O)N(Cc1cccs1)C1CCS(=O)(=O)C1)C(=O)O.Cl. The zero-order valence-corrected chi connectivity index (χ0v) is 17.0. The number of nitrogens with zero attached hydrogens (tertiary/aromatic N) is 1. The van der Waals surface area contributed by atoms with Gasteiger partial charge in [-0.05, 0) is 24.3 Å². The first-order valence-corrected chi connectivity index (χ1v) is 11.0. The summed E-state index contributed by atoms with van der Waals surface area (Å²) in [7, 11) is -3.11. The molecule has 7 nitrogen and oxygen atoms in total. The molecule has 2 heterocycles. The Morgan fingerprint density at radius 1 is 1.46 bits per heavy atom. The molecule has 2 unspecified atom stereocenters. The third kappa shape index (κ3) is 6.53. The van der Waals surface area contributed by atoms with Crippen LogP contribution in [0.3, 0.4) is 0 Å². The highest BCUT2D eigenvalue weighted by Gasteiger charge is 2.35. The quantitative estimate of drug-likeness (QED) is 0.623. The van der Waals surface area contributed by atoms with Crippen LogP contribution in [-0.2, 0) is 26.0 Å². The normalized spacial score (nSPS) is 19.5. The maximum Gasteiger partial charge on any atom is 0.320 e. The molecule has 10 heteroatoms. The van der Waals surface area contributed by atoms with E-state index in [1.807, 2.05) is 24.4 Å². The topological polar surface area (TPSA) is 104 Å². The molecule has 1 fully saturated rings. The number of hydrogen-bond donors (Lipinski definition) is 2. The number of nitrogens with one attached hydrogen (secondary N) is 1. The number of amides is 1. The van der Waals surface area contributed by atoms with Gasteiger partial charge in [-0.3, -0.25) is 14.9 Å². The molecule has 2 N–H and O–H groups in total. The largest absolute Gasteiger partial charge is 0.480 e. The lowest BCUT2D eigenvalue weighted by Crippen LogP contribution is -2.48. The van der Waals surface area contributed by atoms with Crippen molar-refractivity contribution in [3.63, 3.8) is 0 Å². The first kappa shape index (κ1) is 22.9. The molecule has 0 aromatic carbocycles. The fourth-order valence-corrected chi connectivity index (χ4v) is 5.36. The predicted molar refractivity (Wildman–Crippen MR) is 104 cm³/mol. The summed E-state index contributed by atoms with van der Waals surface area (Å²) in [6.07, 6.45) is 1.56. The van der Waals surface area contributed by atoms with Crippen LogP contribution in [0.5, 0.6) is 0 Å². The standard InChI is InChI=1S/C16H24N2O5S2.ClH/c1-2-4-14(16(20)21)17-9-15(19)18(10-13-5-3-7-24-13)12-6-8-25(22,23)11-12;/h3,5,7,12,14,17H,2,4,6,8-11H2,1H3,(H,20,21);1H. The van der Waals surface area contributed by atoms with Crippen LogP contribution < -0.4 is 5.32 Å². The Bertz CT molecular complexity index is 694. The Labute approximate surface area is 164 Å². The highest BCUT2D eigenvalue weighted by atomic mass is 35.5. The first-order chi connectivity index (χ1) is 11.8. The van der Waals surface area contributed by atoms with Crippen LogP contribution in [-0.4, -0.2) is 60.4 Å². The van der Waals surface area contributed by atoms with Gasteiger partial charge in [0, 0.05) is 10.9 Å². The molecule has 1 saturated heterocycles. The minimum absolute atomic E-state index is 0. The molecule has 148 valence electrons. The van der Waals surface area contributed by atoms with Gasteiger partial charge >= 0.3 is 5.97 Å². The smallest absolute Gasteiger partial charge is 0.320 e. The van der Waals surface area contributed by atoms with Crippen LogP contribution >= 0.6 is 23.7 Å². The number of carbonyl (C=O) groups is 2. The molecule has 2 rings (SSSR count). The van der Waals surface area contributed by atoms with E-state index < -0.39 is 21.8 Å². The van der Waals surface area contributed by atoms with E-state index in [2.05, 4.69) is 5.32 Å². The highest BCUT2D eigenvalue weighted by Crippen LogP contribution is 2.22. The lowest BCUT2D eigenvalue weighted by atomic mass is 10.1. The van der Waals surface area contributed by atoms with E-state index in [-0.39, 0.29) is 42.4 Å². The van der Waals surface area contributed by atoms with E-state index in [1.165, 1.54) is 11.3 Å². The number of carboxylic acid groups (broad SMARTS) is 1. The molecule has 1 aliphatic rings. The van der Waals surface area contributed by atoms with E-state index in [4.69, 9.17) is 0 Å². The van der Waals surface area contributed by atoms with E-state index in [0.29, 0.717) is 25.8 Å². The van der Waals surface area contributed by atoms with Crippen LogP contribution in [0.15, 0.2) is 17.5 Å². The van der Waals surface area contributed by atoms with Gasteiger partial charge < -0.3 is 10.0 Å². The van der Waals surface area contributed by atoms with E-state index in [9.17, 15) is 23.1 Å². The zero-order chi connectivity index (χ0) is 18.4. The minimum Gasteiger partial charge on any atom is -0.480 e. The van der Waals surface area contributed by atoms with Crippen molar-refractivity contribution in [1.82, 2.24) is 10.2 Å². The van der Waals surface area contributed by atoms with Crippen LogP contribution in [0.4, 0.5) is 0 Å². The van der Waals surface area contributed by atoms with Gasteiger partial charge in [0.15, 0.2) is 9.84 Å². The van der Waals surface area contributed by atoms with Crippen LogP contribution in [0.1, 0.15) is 31.1 Å². The molecule has 2 atom stereocenters. The maximum atomic E-state index is 12.7. The van der Waals surface area contributed by atoms with Crippen molar-refractivity contribution >= 4 is 45.5 Å². The van der Waals surface area contributed by atoms with Gasteiger partial charge in [-0.15, -0.1) is 23.7 Å². The number of aliphatic carboxylic acids is 1. The molecule has 0 radical (unpaired) electrons. The van der Waals surface area contributed by atoms with Crippen LogP contribution in [0.25, 0.3) is 0 Å². The average Bonchev–Trinajstić information content (AvgIpc) is 3.17. The van der Waals surface area contributed by atoms with Crippen molar-refractivity contribution in [2.45, 2.75) is 44.8 Å². The molecule has 1 aromatic heterocycles. The molecular formula is C16H25ClN2O5S2. The Kier molecular flexibility index (Phi) is 9.02. The number of carboxylic acids is 1. The molecule has 26 heavy (non-hydrogen) atoms. The van der Waals surface area contributed by atoms with Gasteiger partial charge in [0.05, 0.1) is 24.6 Å². The lowest BCUT2D eigenvalue weighted by Gasteiger charge is -2.28. The number of thiophene rings is 1. The maximum absolute atomic E-state index is 12.7. The summed E-state index contributed by atoms with van der Waals surface area (Å²) in [6.45, 7) is 2.12. The zero-order valence-electron chi connectivity index (χ0n) is 14.6. The average molecular weight is 425 g/mol. The van der Waals surface area contributed by atoms with Crippen molar-refractivity contribution < 1.29 is 23.1 Å². The van der Waals surface area contributed by atoms with Gasteiger partial charge in [-0.2, -0.15) is 0 Å². The molecule has 0 bridgehead atoms. The monoisotopic (exact) mass is 424 g/mol. The summed E-state index contributed by atoms with van der Waals surface area (Å²) in [5.41, 5.74) is 0. The predicted octanol–water partition coefficient (Wildman–Crippen LogP) is 1.53. The van der Waals surface area contributed by atoms with Gasteiger partial charge in [0.2, 0.25) is 5.91 Å². The summed E-state index contributed by atoms with van der Waals surface area (Å²) in [5.74, 6) is -1.19. The second kappa shape index (κ2) is 10.2. The van der Waals surface area contributed by atoms with Crippen molar-refractivity contribution in [3.8, 4) is 0 Å². The molecular weight excluding hydrogens is 400 g/mol. The fraction of sp³-hybridized carbons (Fsp3) is 0.625. The third-order valence-electron chi connectivity index (χ3n) is 4.25. The van der Waals surface area contributed by atoms with Crippen molar-refractivity contribution in [1.29, 1.82) is 0 Å². The summed E-state index contributed by atoms with van der Waals surface area (Å²) >= 11 is 1.51. The van der Waals surface area contributed by atoms with Crippen LogP contribution in [0.2, 0.25) is 0 Å². The van der Waals surface area contributed by atoms with E-state index in [1.54, 1.807) is 4.90 Å². The Morgan fingerprint density at radius 3 is 2.69 bits per heavy atom. The van der Waals surface area contributed by atoms with Crippen LogP contribution in [0, 0.1) is 0 Å². The molecule has 0 saturated carbocycles. The Hall–Kier alpha value is -1.16. The summed E-state index contributed by atoms with van der Waals surface area (Å²) in [5, 5.41) is 13.9. The van der Waals surface area contributed by atoms with Crippen molar-refractivity contribution in [2.75, 3.05) is 18.1 Å². The lowest BCUT2D eigenvalue weighted by molar-refractivity contribution is -0.140. The second-order valence-corrected chi connectivity index (χ2v) is 9.48. The van der Waals surface area contributed by atoms with Gasteiger partial charge in [0.1, 0.15) is 6.04 Å².